The quantitative estimate of drug-likeness (QED) is 0.346. The molecule has 0 saturated heterocycles. The van der Waals surface area contributed by atoms with Crippen LogP contribution in [0, 0.1) is 5.92 Å². The third-order valence-corrected chi connectivity index (χ3v) is 7.54. The van der Waals surface area contributed by atoms with Crippen LogP contribution in [-0.2, 0) is 23.9 Å². The number of Topliss-reactive ketones (excluding diaryl/α,β-unsaturated/α-hetero) is 1. The summed E-state index contributed by atoms with van der Waals surface area (Å²) in [5.74, 6) is -1.69. The maximum Gasteiger partial charge on any atom is 0.333 e. The van der Waals surface area contributed by atoms with Crippen LogP contribution in [0.25, 0.3) is 11.1 Å². The molecule has 1 aliphatic heterocycles. The largest absolute Gasteiger partial charge is 0.496 e. The minimum atomic E-state index is -1.12. The minimum Gasteiger partial charge on any atom is -0.496 e. The normalized spacial score (nSPS) is 19.5. The molecule has 222 valence electrons. The first-order valence-electron chi connectivity index (χ1n) is 13.9. The number of methoxy groups -OCH3 is 3. The average molecular weight is 568 g/mol. The van der Waals surface area contributed by atoms with Gasteiger partial charge in [0.1, 0.15) is 17.5 Å². The second-order valence-corrected chi connectivity index (χ2v) is 10.4. The number of ether oxygens (including phenoxy) is 3. The Bertz CT molecular complexity index is 1280. The molecule has 0 spiro atoms. The number of rotatable bonds is 9. The van der Waals surface area contributed by atoms with Gasteiger partial charge in [0, 0.05) is 30.5 Å². The lowest BCUT2D eigenvalue weighted by molar-refractivity contribution is -0.146. The van der Waals surface area contributed by atoms with Crippen molar-refractivity contribution in [3.63, 3.8) is 0 Å². The van der Waals surface area contributed by atoms with Gasteiger partial charge in [-0.3, -0.25) is 14.4 Å². The molecule has 1 heterocycles. The van der Waals surface area contributed by atoms with Gasteiger partial charge in [-0.2, -0.15) is 0 Å². The fourth-order valence-corrected chi connectivity index (χ4v) is 5.16. The van der Waals surface area contributed by atoms with Crippen molar-refractivity contribution in [1.82, 2.24) is 10.2 Å². The predicted molar refractivity (Wildman–Crippen MR) is 154 cm³/mol. The second-order valence-electron chi connectivity index (χ2n) is 10.4. The van der Waals surface area contributed by atoms with Crippen molar-refractivity contribution in [2.24, 2.45) is 11.7 Å². The summed E-state index contributed by atoms with van der Waals surface area (Å²) in [6, 6.07) is 7.42. The summed E-state index contributed by atoms with van der Waals surface area (Å²) in [4.78, 5) is 54.7. The van der Waals surface area contributed by atoms with E-state index in [-0.39, 0.29) is 18.1 Å². The molecule has 2 aromatic rings. The fraction of sp³-hybridized carbons (Fsp3) is 0.484. The van der Waals surface area contributed by atoms with E-state index in [4.69, 9.17) is 19.9 Å². The molecule has 2 aromatic carbocycles. The van der Waals surface area contributed by atoms with Crippen molar-refractivity contribution in [2.75, 3.05) is 28.4 Å². The highest BCUT2D eigenvalue weighted by Crippen LogP contribution is 2.41. The van der Waals surface area contributed by atoms with E-state index >= 15 is 0 Å². The van der Waals surface area contributed by atoms with Gasteiger partial charge in [-0.05, 0) is 41.8 Å². The predicted octanol–water partition coefficient (Wildman–Crippen LogP) is 3.72. The Balaban J connectivity index is 2.23. The molecule has 4 bridgehead atoms. The molecule has 0 aromatic heterocycles. The van der Waals surface area contributed by atoms with Crippen LogP contribution in [0.2, 0.25) is 0 Å². The summed E-state index contributed by atoms with van der Waals surface area (Å²) in [5.41, 5.74) is 8.41. The number of carbonyl (C=O) groups excluding carboxylic acids is 4. The first kappa shape index (κ1) is 31.6. The van der Waals surface area contributed by atoms with Gasteiger partial charge in [-0.15, -0.1) is 0 Å². The van der Waals surface area contributed by atoms with Crippen LogP contribution in [0.5, 0.6) is 11.5 Å². The van der Waals surface area contributed by atoms with E-state index in [2.05, 4.69) is 12.2 Å². The number of carbonyl (C=O) groups is 4. The number of hydrogen-bond donors (Lipinski definition) is 2. The van der Waals surface area contributed by atoms with Gasteiger partial charge in [0.2, 0.25) is 11.8 Å². The molecule has 41 heavy (non-hydrogen) atoms. The van der Waals surface area contributed by atoms with E-state index in [1.165, 1.54) is 26.2 Å². The number of nitrogens with two attached hydrogens (primary N) is 1. The van der Waals surface area contributed by atoms with Crippen LogP contribution in [0.3, 0.4) is 0 Å². The second kappa shape index (κ2) is 14.1. The Labute approximate surface area is 241 Å². The van der Waals surface area contributed by atoms with Gasteiger partial charge in [-0.1, -0.05) is 45.2 Å². The van der Waals surface area contributed by atoms with Gasteiger partial charge < -0.3 is 30.2 Å². The Morgan fingerprint density at radius 3 is 2.15 bits per heavy atom. The van der Waals surface area contributed by atoms with E-state index < -0.39 is 35.9 Å². The lowest BCUT2D eigenvalue weighted by Crippen LogP contribution is -2.46. The SMILES string of the molecule is CCCCC[C@H](N)C(=O)N(C)[C@@H]1C(=O)C[C@@H](C)C(=O)N[C@H](C(=O)OC)c2ccc(OC)c(c2)-c2cc1ccc2OC. The summed E-state index contributed by atoms with van der Waals surface area (Å²) in [7, 11) is 5.84. The number of nitrogens with one attached hydrogen (secondary N) is 1. The maximum atomic E-state index is 13.9. The van der Waals surface area contributed by atoms with Gasteiger partial charge in [0.25, 0.3) is 0 Å². The third kappa shape index (κ3) is 7.05. The van der Waals surface area contributed by atoms with Gasteiger partial charge in [0.05, 0.1) is 27.4 Å². The highest BCUT2D eigenvalue weighted by atomic mass is 16.5. The molecule has 0 unspecified atom stereocenters. The summed E-state index contributed by atoms with van der Waals surface area (Å²) in [6.45, 7) is 3.68. The summed E-state index contributed by atoms with van der Waals surface area (Å²) in [6.07, 6.45) is 3.08. The van der Waals surface area contributed by atoms with E-state index in [0.29, 0.717) is 40.2 Å². The number of nitrogens with zero attached hydrogens (tertiary/aromatic N) is 1. The van der Waals surface area contributed by atoms with Crippen molar-refractivity contribution in [3.8, 4) is 22.6 Å². The number of esters is 1. The molecule has 0 radical (unpaired) electrons. The lowest BCUT2D eigenvalue weighted by atomic mass is 9.91. The summed E-state index contributed by atoms with van der Waals surface area (Å²) >= 11 is 0. The van der Waals surface area contributed by atoms with E-state index in [0.717, 1.165) is 19.3 Å². The van der Waals surface area contributed by atoms with Crippen molar-refractivity contribution in [3.05, 3.63) is 47.5 Å². The maximum absolute atomic E-state index is 13.9. The smallest absolute Gasteiger partial charge is 0.333 e. The lowest BCUT2D eigenvalue weighted by Gasteiger charge is -2.31. The van der Waals surface area contributed by atoms with Crippen LogP contribution in [0.15, 0.2) is 36.4 Å². The molecular weight excluding hydrogens is 526 g/mol. The van der Waals surface area contributed by atoms with E-state index in [9.17, 15) is 19.2 Å². The van der Waals surface area contributed by atoms with Crippen molar-refractivity contribution in [1.29, 1.82) is 0 Å². The highest BCUT2D eigenvalue weighted by Gasteiger charge is 2.35. The van der Waals surface area contributed by atoms with Crippen molar-refractivity contribution >= 4 is 23.6 Å². The van der Waals surface area contributed by atoms with Crippen LogP contribution in [-0.4, -0.2) is 62.9 Å². The topological polar surface area (TPSA) is 137 Å². The first-order chi connectivity index (χ1) is 19.6. The molecular formula is C31H41N3O7. The monoisotopic (exact) mass is 567 g/mol. The Kier molecular flexibility index (Phi) is 10.9. The molecule has 4 atom stereocenters. The number of amides is 2. The van der Waals surface area contributed by atoms with Crippen LogP contribution in [0.4, 0.5) is 0 Å². The molecule has 3 rings (SSSR count). The Morgan fingerprint density at radius 2 is 1.59 bits per heavy atom. The molecule has 0 saturated carbocycles. The number of unbranched alkanes of at least 4 members (excludes halogenated alkanes) is 2. The van der Waals surface area contributed by atoms with Crippen LogP contribution in [0.1, 0.15) is 69.2 Å². The summed E-state index contributed by atoms with van der Waals surface area (Å²) in [5, 5.41) is 2.73. The zero-order valence-corrected chi connectivity index (χ0v) is 24.7. The third-order valence-electron chi connectivity index (χ3n) is 7.54. The van der Waals surface area contributed by atoms with Gasteiger partial charge in [0.15, 0.2) is 11.8 Å². The molecule has 10 heteroatoms. The number of benzene rings is 2. The molecule has 1 aliphatic rings. The molecule has 10 nitrogen and oxygen atoms in total. The number of hydrogen-bond acceptors (Lipinski definition) is 8. The minimum absolute atomic E-state index is 0.171. The first-order valence-corrected chi connectivity index (χ1v) is 13.9. The molecule has 3 N–H and O–H groups in total. The Hall–Kier alpha value is -3.92. The van der Waals surface area contributed by atoms with Gasteiger partial charge >= 0.3 is 5.97 Å². The fourth-order valence-electron chi connectivity index (χ4n) is 5.16. The standard InChI is InChI=1S/C31H41N3O7/c1-7-8-9-10-23(32)30(37)34(3)28-20-12-14-26(40-5)22(17-20)21-16-19(11-13-25(21)39-4)27(31(38)41-6)33-29(36)18(2)15-24(28)35/h11-14,16-18,23,27-28H,7-10,15,32H2,1-6H3,(H,33,36)/t18-,23+,27+,28+/m1/s1. The number of likely N-dealkylation sites (N-methyl/N-ethyl adjacent to an activating group) is 1. The molecule has 0 aliphatic carbocycles. The van der Waals surface area contributed by atoms with Crippen molar-refractivity contribution in [2.45, 2.75) is 64.1 Å². The molecule has 2 amide bonds. The van der Waals surface area contributed by atoms with Crippen LogP contribution < -0.4 is 20.5 Å². The number of ketones is 1. The average Bonchev–Trinajstić information content (AvgIpc) is 2.98. The zero-order chi connectivity index (χ0) is 30.3. The molecule has 0 fully saturated rings. The summed E-state index contributed by atoms with van der Waals surface area (Å²) < 4.78 is 16.3. The van der Waals surface area contributed by atoms with E-state index in [1.54, 1.807) is 50.4 Å². The highest BCUT2D eigenvalue weighted by molar-refractivity contribution is 5.95. The Morgan fingerprint density at radius 1 is 1.00 bits per heavy atom. The van der Waals surface area contributed by atoms with E-state index in [1.807, 2.05) is 0 Å². The van der Waals surface area contributed by atoms with Gasteiger partial charge in [-0.25, -0.2) is 4.79 Å². The zero-order valence-electron chi connectivity index (χ0n) is 24.7. The van der Waals surface area contributed by atoms with Crippen molar-refractivity contribution < 1.29 is 33.4 Å². The number of fused-ring (bicyclic) bond motifs is 5. The van der Waals surface area contributed by atoms with Crippen LogP contribution >= 0.6 is 0 Å².